The molecule has 31 heavy (non-hydrogen) atoms. The van der Waals surface area contributed by atoms with Gasteiger partial charge in [-0.1, -0.05) is 60.7 Å². The minimum Gasteiger partial charge on any atom is -0.496 e. The highest BCUT2D eigenvalue weighted by Crippen LogP contribution is 2.47. The first-order valence-corrected chi connectivity index (χ1v) is 11.3. The summed E-state index contributed by atoms with van der Waals surface area (Å²) < 4.78 is 5.62. The van der Waals surface area contributed by atoms with Crippen LogP contribution in [0.5, 0.6) is 5.75 Å². The molecule has 2 aromatic rings. The van der Waals surface area contributed by atoms with E-state index < -0.39 is 0 Å². The van der Waals surface area contributed by atoms with E-state index in [0.29, 0.717) is 18.0 Å². The van der Waals surface area contributed by atoms with Crippen LogP contribution < -0.4 is 14.5 Å². The predicted molar refractivity (Wildman–Crippen MR) is 128 cm³/mol. The molecule has 3 nitrogen and oxygen atoms in total. The Morgan fingerprint density at radius 1 is 1.03 bits per heavy atom. The van der Waals surface area contributed by atoms with Crippen LogP contribution in [0.15, 0.2) is 84.6 Å². The van der Waals surface area contributed by atoms with Gasteiger partial charge in [0.1, 0.15) is 5.75 Å². The van der Waals surface area contributed by atoms with Crippen LogP contribution in [-0.4, -0.2) is 25.7 Å². The van der Waals surface area contributed by atoms with E-state index in [1.165, 1.54) is 33.8 Å². The molecule has 6 rings (SSSR count). The number of aryl methyl sites for hydroxylation is 1. The zero-order valence-electron chi connectivity index (χ0n) is 18.2. The zero-order valence-corrected chi connectivity index (χ0v) is 18.2. The minimum atomic E-state index is 0.372. The minimum absolute atomic E-state index is 0.372. The number of nitrogens with zero attached hydrogens (tertiary/aromatic N) is 2. The predicted octanol–water partition coefficient (Wildman–Crippen LogP) is 5.68. The molecule has 0 saturated heterocycles. The van der Waals surface area contributed by atoms with Crippen LogP contribution >= 0.6 is 0 Å². The van der Waals surface area contributed by atoms with Gasteiger partial charge in [0.15, 0.2) is 0 Å². The van der Waals surface area contributed by atoms with Gasteiger partial charge in [0.25, 0.3) is 0 Å². The van der Waals surface area contributed by atoms with Crippen LogP contribution in [0.4, 0.5) is 11.4 Å². The van der Waals surface area contributed by atoms with Gasteiger partial charge in [-0.05, 0) is 48.6 Å². The molecule has 0 N–H and O–H groups in total. The lowest BCUT2D eigenvalue weighted by molar-refractivity contribution is 0.412. The third-order valence-corrected chi connectivity index (χ3v) is 7.20. The number of hydrogen-bond acceptors (Lipinski definition) is 3. The maximum Gasteiger partial charge on any atom is 0.123 e. The fourth-order valence-corrected chi connectivity index (χ4v) is 5.74. The fraction of sp³-hybridized carbons (Fsp3) is 0.286. The Kier molecular flexibility index (Phi) is 4.31. The highest BCUT2D eigenvalue weighted by atomic mass is 16.5. The normalized spacial score (nSPS) is 25.4. The van der Waals surface area contributed by atoms with Gasteiger partial charge >= 0.3 is 0 Å². The Balaban J connectivity index is 1.38. The summed E-state index contributed by atoms with van der Waals surface area (Å²) in [5.74, 6) is 1.35. The first-order chi connectivity index (χ1) is 15.2. The molecular weight excluding hydrogens is 380 g/mol. The van der Waals surface area contributed by atoms with E-state index in [-0.39, 0.29) is 0 Å². The second kappa shape index (κ2) is 7.19. The number of hydrogen-bond donors (Lipinski definition) is 0. The molecule has 2 aliphatic carbocycles. The average Bonchev–Trinajstić information content (AvgIpc) is 3.37. The number of fused-ring (bicyclic) bond motifs is 4. The van der Waals surface area contributed by atoms with Crippen molar-refractivity contribution in [3.8, 4) is 5.75 Å². The van der Waals surface area contributed by atoms with Gasteiger partial charge in [-0.15, -0.1) is 0 Å². The third-order valence-electron chi connectivity index (χ3n) is 7.20. The van der Waals surface area contributed by atoms with Crippen molar-refractivity contribution in [2.45, 2.75) is 37.8 Å². The van der Waals surface area contributed by atoms with Crippen LogP contribution in [0.3, 0.4) is 0 Å². The first-order valence-electron chi connectivity index (χ1n) is 11.3. The first kappa shape index (κ1) is 18.6. The van der Waals surface area contributed by atoms with Crippen LogP contribution in [0.25, 0.3) is 0 Å². The topological polar surface area (TPSA) is 15.7 Å². The maximum absolute atomic E-state index is 5.62. The van der Waals surface area contributed by atoms with Crippen molar-refractivity contribution in [2.75, 3.05) is 23.5 Å². The lowest BCUT2D eigenvalue weighted by Gasteiger charge is -2.36. The molecule has 0 radical (unpaired) electrons. The molecule has 3 atom stereocenters. The van der Waals surface area contributed by atoms with E-state index in [2.05, 4.69) is 95.7 Å². The van der Waals surface area contributed by atoms with E-state index in [1.54, 1.807) is 7.11 Å². The summed E-state index contributed by atoms with van der Waals surface area (Å²) in [6, 6.07) is 14.3. The molecular formula is C28H28N2O. The number of rotatable bonds is 3. The van der Waals surface area contributed by atoms with E-state index in [4.69, 9.17) is 4.74 Å². The molecule has 0 fully saturated rings. The van der Waals surface area contributed by atoms with Crippen molar-refractivity contribution in [2.24, 2.45) is 0 Å². The quantitative estimate of drug-likeness (QED) is 0.650. The molecule has 0 amide bonds. The molecule has 2 aromatic carbocycles. The third kappa shape index (κ3) is 2.87. The summed E-state index contributed by atoms with van der Waals surface area (Å²) in [6.45, 7) is 3.15. The molecule has 4 aliphatic rings. The van der Waals surface area contributed by atoms with Crippen molar-refractivity contribution in [1.29, 1.82) is 0 Å². The Morgan fingerprint density at radius 2 is 1.94 bits per heavy atom. The van der Waals surface area contributed by atoms with Crippen molar-refractivity contribution >= 4 is 11.4 Å². The van der Waals surface area contributed by atoms with Gasteiger partial charge in [0, 0.05) is 35.6 Å². The van der Waals surface area contributed by atoms with Gasteiger partial charge in [0.05, 0.1) is 19.2 Å². The number of anilines is 2. The summed E-state index contributed by atoms with van der Waals surface area (Å²) in [5.41, 5.74) is 8.05. The standard InChI is InChI=1S/C28H28N2O/c1-19-16-20-14-15-29(27(20)18-28(19)31-2)22-12-13-26-24(17-22)23-10-6-7-11-25(23)30(26)21-8-4-3-5-9-21/h3-8,10-13,16-18,21,24,26H,9,14-15H2,1-2H3. The molecule has 0 aromatic heterocycles. The molecule has 156 valence electrons. The monoisotopic (exact) mass is 408 g/mol. The lowest BCUT2D eigenvalue weighted by Crippen LogP contribution is -2.41. The Morgan fingerprint density at radius 3 is 2.77 bits per heavy atom. The lowest BCUT2D eigenvalue weighted by atomic mass is 9.89. The van der Waals surface area contributed by atoms with Gasteiger partial charge in [-0.25, -0.2) is 0 Å². The molecule has 0 spiro atoms. The van der Waals surface area contributed by atoms with Gasteiger partial charge in [-0.3, -0.25) is 0 Å². The molecule has 3 heteroatoms. The average molecular weight is 409 g/mol. The number of para-hydroxylation sites is 1. The maximum atomic E-state index is 5.62. The second-order valence-corrected chi connectivity index (χ2v) is 8.90. The Labute approximate surface area is 184 Å². The summed E-state index contributed by atoms with van der Waals surface area (Å²) in [6.07, 6.45) is 18.4. The van der Waals surface area contributed by atoms with E-state index in [0.717, 1.165) is 25.1 Å². The number of methoxy groups -OCH3 is 1. The van der Waals surface area contributed by atoms with Crippen LogP contribution in [-0.2, 0) is 6.42 Å². The van der Waals surface area contributed by atoms with E-state index in [9.17, 15) is 0 Å². The number of benzene rings is 2. The molecule has 2 heterocycles. The van der Waals surface area contributed by atoms with Crippen molar-refractivity contribution < 1.29 is 4.74 Å². The molecule has 0 saturated carbocycles. The second-order valence-electron chi connectivity index (χ2n) is 8.90. The summed E-state index contributed by atoms with van der Waals surface area (Å²) in [7, 11) is 1.76. The van der Waals surface area contributed by atoms with Crippen LogP contribution in [0.1, 0.15) is 29.0 Å². The van der Waals surface area contributed by atoms with Crippen molar-refractivity contribution in [3.05, 3.63) is 101 Å². The fourth-order valence-electron chi connectivity index (χ4n) is 5.74. The van der Waals surface area contributed by atoms with Gasteiger partial charge < -0.3 is 14.5 Å². The molecule has 2 aliphatic heterocycles. The number of allylic oxidation sites excluding steroid dienone is 3. The molecule has 0 bridgehead atoms. The highest BCUT2D eigenvalue weighted by Gasteiger charge is 2.40. The number of ether oxygens (including phenoxy) is 1. The van der Waals surface area contributed by atoms with Crippen LogP contribution in [0, 0.1) is 6.92 Å². The largest absolute Gasteiger partial charge is 0.496 e. The van der Waals surface area contributed by atoms with E-state index >= 15 is 0 Å². The zero-order chi connectivity index (χ0) is 20.9. The van der Waals surface area contributed by atoms with Crippen molar-refractivity contribution in [3.63, 3.8) is 0 Å². The summed E-state index contributed by atoms with van der Waals surface area (Å²) in [5, 5.41) is 0. The van der Waals surface area contributed by atoms with Crippen LogP contribution in [0.2, 0.25) is 0 Å². The van der Waals surface area contributed by atoms with Crippen molar-refractivity contribution in [1.82, 2.24) is 0 Å². The smallest absolute Gasteiger partial charge is 0.123 e. The van der Waals surface area contributed by atoms with E-state index in [1.807, 2.05) is 0 Å². The SMILES string of the molecule is COc1cc2c(cc1C)CCN2C1=CC2c3ccccc3N(C3C=CC=CC3)C2C=C1. The van der Waals surface area contributed by atoms with Gasteiger partial charge in [0.2, 0.25) is 0 Å². The Bertz CT molecular complexity index is 1160. The van der Waals surface area contributed by atoms with Gasteiger partial charge in [-0.2, -0.15) is 0 Å². The Hall–Kier alpha value is -3.20. The summed E-state index contributed by atoms with van der Waals surface area (Å²) in [4.78, 5) is 5.09. The summed E-state index contributed by atoms with van der Waals surface area (Å²) >= 11 is 0. The highest BCUT2D eigenvalue weighted by molar-refractivity contribution is 5.71. The molecule has 3 unspecified atom stereocenters.